The van der Waals surface area contributed by atoms with Crippen molar-refractivity contribution < 1.29 is 57.9 Å². The van der Waals surface area contributed by atoms with E-state index in [9.17, 15) is 26.3 Å². The van der Waals surface area contributed by atoms with Gasteiger partial charge < -0.3 is 18.5 Å². The Balaban J connectivity index is 1.71. The summed E-state index contributed by atoms with van der Waals surface area (Å²) in [7, 11) is -1.38. The highest BCUT2D eigenvalue weighted by Gasteiger charge is 2.60. The number of ether oxygens (including phenoxy) is 1. The number of rotatable bonds is 14. The van der Waals surface area contributed by atoms with Gasteiger partial charge in [-0.15, -0.1) is 0 Å². The number of benzene rings is 5. The molecule has 0 spiro atoms. The maximum Gasteiger partial charge on any atom is 0.598 e. The van der Waals surface area contributed by atoms with Gasteiger partial charge in [0.15, 0.2) is 0 Å². The van der Waals surface area contributed by atoms with E-state index in [1.807, 2.05) is 108 Å². The first-order chi connectivity index (χ1) is 35.9. The predicted molar refractivity (Wildman–Crippen MR) is 292 cm³/mol. The molecule has 0 unspecified atom stereocenters. The molecule has 0 atom stereocenters. The first-order valence-electron chi connectivity index (χ1n) is 25.4. The highest BCUT2D eigenvalue weighted by atomic mass is 19.4. The molecule has 6 aromatic rings. The fourth-order valence-corrected chi connectivity index (χ4v) is 8.86. The molecule has 0 aliphatic carbocycles. The average Bonchev–Trinajstić information content (AvgIpc) is 4.12. The molecule has 0 saturated carbocycles. The summed E-state index contributed by atoms with van der Waals surface area (Å²) in [6.45, 7) is 19.1. The van der Waals surface area contributed by atoms with Crippen LogP contribution in [0.5, 0.6) is 5.75 Å². The van der Waals surface area contributed by atoms with Crippen molar-refractivity contribution in [3.63, 3.8) is 0 Å². The van der Waals surface area contributed by atoms with Crippen LogP contribution in [0.25, 0.3) is 33.5 Å². The summed E-state index contributed by atoms with van der Waals surface area (Å²) in [5.74, 6) is -10.9. The third-order valence-corrected chi connectivity index (χ3v) is 13.7. The second-order valence-electron chi connectivity index (χ2n) is 23.8. The molecular formula is C62H65BF10N2O3. The lowest BCUT2D eigenvalue weighted by molar-refractivity contribution is -0.295. The molecule has 1 aromatic heterocycles. The number of hydrogen-bond donors (Lipinski definition) is 0. The molecule has 1 aliphatic rings. The van der Waals surface area contributed by atoms with Crippen LogP contribution in [0, 0.1) is 0 Å². The van der Waals surface area contributed by atoms with E-state index in [1.54, 1.807) is 66.7 Å². The smallest absolute Gasteiger partial charge is 0.497 e. The second kappa shape index (κ2) is 21.3. The Labute approximate surface area is 451 Å². The molecule has 5 nitrogen and oxygen atoms in total. The fourth-order valence-electron chi connectivity index (χ4n) is 8.86. The number of halogens is 10. The number of allylic oxidation sites excluding steroid dienone is 2. The molecule has 0 N–H and O–H groups in total. The zero-order valence-corrected chi connectivity index (χ0v) is 46.1. The van der Waals surface area contributed by atoms with Crippen LogP contribution < -0.4 is 4.74 Å². The zero-order chi connectivity index (χ0) is 57.8. The standard InChI is InChI=1S/C62H65BF10N2O3/c1-55(2,3)43-24-14-38(15-25-43)48-34-50(40-18-28-45(29-19-40)57(7,8)9)74-53(48)52(42-22-32-47(76-13)33-23-42)54-49(39-16-26-44(27-17-39)56(4,5)6)35-51(41-20-30-46(31-21-41)58(10,11)12)75(54)63(77-36-59(64,65)61(68,69)70)78-37-60(66,67)62(71,72)73/h14-35H,36-37H2,1-13H3/b53-52-. The normalized spacial score (nSPS) is 14.9. The van der Waals surface area contributed by atoms with Crippen molar-refractivity contribution in [1.29, 1.82) is 0 Å². The summed E-state index contributed by atoms with van der Waals surface area (Å²) < 4.78 is 163. The quantitative estimate of drug-likeness (QED) is 0.0806. The van der Waals surface area contributed by atoms with Crippen LogP contribution in [0.4, 0.5) is 43.9 Å². The Bertz CT molecular complexity index is 3150. The highest BCUT2D eigenvalue weighted by Crippen LogP contribution is 2.47. The molecule has 0 amide bonds. The number of methoxy groups -OCH3 is 1. The minimum Gasteiger partial charge on any atom is -0.497 e. The number of alkyl halides is 10. The van der Waals surface area contributed by atoms with Gasteiger partial charge >= 0.3 is 31.5 Å². The largest absolute Gasteiger partial charge is 0.598 e. The van der Waals surface area contributed by atoms with Crippen LogP contribution in [-0.4, -0.2) is 62.0 Å². The summed E-state index contributed by atoms with van der Waals surface area (Å²) in [4.78, 5) is 5.35. The van der Waals surface area contributed by atoms with Gasteiger partial charge in [0.1, 0.15) is 19.0 Å². The minimum atomic E-state index is -6.24. The lowest BCUT2D eigenvalue weighted by Crippen LogP contribution is -2.48. The van der Waals surface area contributed by atoms with E-state index < -0.39 is 50.1 Å². The van der Waals surface area contributed by atoms with E-state index in [0.29, 0.717) is 39.3 Å². The fraction of sp³-hybridized carbons (Fsp3) is 0.371. The highest BCUT2D eigenvalue weighted by molar-refractivity contribution is 6.44. The molecular weight excluding hydrogens is 1020 g/mol. The molecule has 2 heterocycles. The number of aliphatic imine (C=N–C) groups is 1. The SMILES string of the molecule is COc1ccc(/C(=C2/N=C(c3ccc(C(C)(C)C)cc3)C=C2c2ccc(C(C)(C)C)cc2)c2c(-c3ccc(C(C)(C)C)cc3)cc(-c3ccc(C(C)(C)C)cc3)n2B(OCC(F)(F)C(F)(F)F)OCC(F)(F)C(F)(F)F)cc1. The first-order valence-corrected chi connectivity index (χ1v) is 25.4. The molecule has 78 heavy (non-hydrogen) atoms. The van der Waals surface area contributed by atoms with Crippen molar-refractivity contribution in [3.8, 4) is 28.1 Å². The van der Waals surface area contributed by atoms with Crippen LogP contribution in [0.15, 0.2) is 144 Å². The van der Waals surface area contributed by atoms with Gasteiger partial charge in [0, 0.05) is 28.0 Å². The van der Waals surface area contributed by atoms with Gasteiger partial charge in [-0.05, 0) is 90.4 Å². The van der Waals surface area contributed by atoms with E-state index in [-0.39, 0.29) is 50.0 Å². The summed E-state index contributed by atoms with van der Waals surface area (Å²) in [6, 6.07) is 37.6. The Hall–Kier alpha value is -6.39. The Morgan fingerprint density at radius 3 is 1.22 bits per heavy atom. The molecule has 1 aliphatic heterocycles. The molecule has 0 fully saturated rings. The monoisotopic (exact) mass is 1090 g/mol. The summed E-state index contributed by atoms with van der Waals surface area (Å²) in [6.07, 6.45) is -10.6. The number of hydrogen-bond acceptors (Lipinski definition) is 4. The van der Waals surface area contributed by atoms with Gasteiger partial charge in [-0.25, -0.2) is 4.99 Å². The van der Waals surface area contributed by atoms with Gasteiger partial charge in [0.2, 0.25) is 0 Å². The number of aromatic nitrogens is 1. The van der Waals surface area contributed by atoms with Crippen LogP contribution in [0.3, 0.4) is 0 Å². The van der Waals surface area contributed by atoms with Crippen LogP contribution in [0.1, 0.15) is 128 Å². The lowest BCUT2D eigenvalue weighted by Gasteiger charge is -2.28. The second-order valence-corrected chi connectivity index (χ2v) is 23.8. The van der Waals surface area contributed by atoms with Crippen molar-refractivity contribution in [2.24, 2.45) is 4.99 Å². The third-order valence-electron chi connectivity index (χ3n) is 13.7. The van der Waals surface area contributed by atoms with Crippen molar-refractivity contribution in [1.82, 2.24) is 4.48 Å². The predicted octanol–water partition coefficient (Wildman–Crippen LogP) is 17.6. The van der Waals surface area contributed by atoms with Crippen molar-refractivity contribution in [2.45, 2.75) is 129 Å². The lowest BCUT2D eigenvalue weighted by atomic mass is 9.84. The van der Waals surface area contributed by atoms with E-state index >= 15 is 17.6 Å². The Morgan fingerprint density at radius 1 is 0.474 bits per heavy atom. The third kappa shape index (κ3) is 12.9. The van der Waals surface area contributed by atoms with Crippen molar-refractivity contribution >= 4 is 24.1 Å². The molecule has 7 rings (SSSR count). The maximum absolute atomic E-state index is 15.2. The van der Waals surface area contributed by atoms with E-state index in [0.717, 1.165) is 26.7 Å². The maximum atomic E-state index is 15.2. The van der Waals surface area contributed by atoms with Gasteiger partial charge in [-0.2, -0.15) is 43.9 Å². The van der Waals surface area contributed by atoms with Crippen LogP contribution in [0.2, 0.25) is 0 Å². The van der Waals surface area contributed by atoms with Gasteiger partial charge in [0.25, 0.3) is 0 Å². The van der Waals surface area contributed by atoms with Crippen LogP contribution >= 0.6 is 0 Å². The molecule has 0 saturated heterocycles. The van der Waals surface area contributed by atoms with E-state index in [2.05, 4.69) is 41.5 Å². The zero-order valence-electron chi connectivity index (χ0n) is 46.1. The van der Waals surface area contributed by atoms with Gasteiger partial charge in [-0.3, -0.25) is 0 Å². The summed E-state index contributed by atoms with van der Waals surface area (Å²) in [5.41, 5.74) is 6.13. The van der Waals surface area contributed by atoms with Gasteiger partial charge in [0.05, 0.1) is 24.2 Å². The minimum absolute atomic E-state index is 0.0670. The molecule has 0 bridgehead atoms. The number of nitrogens with zero attached hydrogens (tertiary/aromatic N) is 2. The Morgan fingerprint density at radius 2 is 0.846 bits per heavy atom. The van der Waals surface area contributed by atoms with E-state index in [4.69, 9.17) is 19.0 Å². The van der Waals surface area contributed by atoms with E-state index in [1.165, 1.54) is 7.11 Å². The van der Waals surface area contributed by atoms with Gasteiger partial charge in [-0.1, -0.05) is 192 Å². The molecule has 16 heteroatoms. The molecule has 414 valence electrons. The first kappa shape index (κ1) is 59.3. The topological polar surface area (TPSA) is 45.0 Å². The molecule has 5 aromatic carbocycles. The van der Waals surface area contributed by atoms with Crippen molar-refractivity contribution in [3.05, 3.63) is 184 Å². The average molecular weight is 1090 g/mol. The Kier molecular flexibility index (Phi) is 16.2. The summed E-state index contributed by atoms with van der Waals surface area (Å²) >= 11 is 0. The summed E-state index contributed by atoms with van der Waals surface area (Å²) in [5, 5.41) is 0. The van der Waals surface area contributed by atoms with Crippen molar-refractivity contribution in [2.75, 3.05) is 20.3 Å². The van der Waals surface area contributed by atoms with Crippen LogP contribution in [-0.2, 0) is 31.0 Å². The molecule has 0 radical (unpaired) electrons.